The molecule has 0 bridgehead atoms. The molecule has 0 aliphatic heterocycles. The zero-order chi connectivity index (χ0) is 16.2. The van der Waals surface area contributed by atoms with Gasteiger partial charge in [0.2, 0.25) is 0 Å². The van der Waals surface area contributed by atoms with Gasteiger partial charge >= 0.3 is 5.97 Å². The van der Waals surface area contributed by atoms with Gasteiger partial charge in [0.15, 0.2) is 0 Å². The highest BCUT2D eigenvalue weighted by Crippen LogP contribution is 2.21. The summed E-state index contributed by atoms with van der Waals surface area (Å²) in [5, 5.41) is 0.861. The first-order valence-corrected chi connectivity index (χ1v) is 7.25. The highest BCUT2D eigenvalue weighted by atomic mass is 19.1. The van der Waals surface area contributed by atoms with Crippen LogP contribution in [0.25, 0.3) is 10.9 Å². The quantitative estimate of drug-likeness (QED) is 0.534. The maximum absolute atomic E-state index is 12.8. The van der Waals surface area contributed by atoms with Crippen LogP contribution in [0.5, 0.6) is 5.75 Å². The number of carbonyl (C=O) groups excluding carboxylic acids is 1. The maximum atomic E-state index is 12.8. The number of aryl methyl sites for hydroxylation is 1. The van der Waals surface area contributed by atoms with Crippen molar-refractivity contribution in [2.45, 2.75) is 0 Å². The first-order valence-electron chi connectivity index (χ1n) is 7.25. The predicted octanol–water partition coefficient (Wildman–Crippen LogP) is 3.55. The summed E-state index contributed by atoms with van der Waals surface area (Å²) in [6.07, 6.45) is 1.76. The Labute approximate surface area is 133 Å². The zero-order valence-electron chi connectivity index (χ0n) is 12.7. The van der Waals surface area contributed by atoms with E-state index < -0.39 is 0 Å². The van der Waals surface area contributed by atoms with Gasteiger partial charge in [0.05, 0.1) is 5.56 Å². The van der Waals surface area contributed by atoms with Crippen molar-refractivity contribution < 1.29 is 18.7 Å². The number of para-hydroxylation sites is 1. The van der Waals surface area contributed by atoms with Gasteiger partial charge in [-0.3, -0.25) is 0 Å². The fraction of sp³-hybridized carbons (Fsp3) is 0.167. The molecule has 5 heteroatoms. The van der Waals surface area contributed by atoms with E-state index in [9.17, 15) is 9.18 Å². The van der Waals surface area contributed by atoms with Crippen molar-refractivity contribution in [1.82, 2.24) is 4.57 Å². The van der Waals surface area contributed by atoms with Crippen molar-refractivity contribution in [2.24, 2.45) is 7.05 Å². The highest BCUT2D eigenvalue weighted by molar-refractivity contribution is 6.04. The number of rotatable bonds is 5. The van der Waals surface area contributed by atoms with E-state index in [-0.39, 0.29) is 25.0 Å². The van der Waals surface area contributed by atoms with Crippen LogP contribution in [-0.4, -0.2) is 23.8 Å². The highest BCUT2D eigenvalue weighted by Gasteiger charge is 2.14. The van der Waals surface area contributed by atoms with Crippen molar-refractivity contribution in [3.8, 4) is 5.75 Å². The minimum Gasteiger partial charge on any atom is -0.490 e. The van der Waals surface area contributed by atoms with Crippen LogP contribution in [0.15, 0.2) is 54.7 Å². The second kappa shape index (κ2) is 6.52. The number of hydrogen-bond acceptors (Lipinski definition) is 3. The summed E-state index contributed by atoms with van der Waals surface area (Å²) in [5.74, 6) is -0.170. The van der Waals surface area contributed by atoms with E-state index >= 15 is 0 Å². The molecule has 0 spiro atoms. The Kier molecular flexibility index (Phi) is 4.28. The van der Waals surface area contributed by atoms with Crippen molar-refractivity contribution in [3.05, 3.63) is 66.1 Å². The van der Waals surface area contributed by atoms with Gasteiger partial charge in [-0.1, -0.05) is 18.2 Å². The molecule has 0 saturated carbocycles. The van der Waals surface area contributed by atoms with Gasteiger partial charge < -0.3 is 14.0 Å². The summed E-state index contributed by atoms with van der Waals surface area (Å²) in [6, 6.07) is 13.3. The van der Waals surface area contributed by atoms with Gasteiger partial charge in [-0.2, -0.15) is 0 Å². The molecule has 1 heterocycles. The lowest BCUT2D eigenvalue weighted by Gasteiger charge is -2.07. The topological polar surface area (TPSA) is 40.5 Å². The van der Waals surface area contributed by atoms with Crippen molar-refractivity contribution in [2.75, 3.05) is 13.2 Å². The minimum absolute atomic E-state index is 0.124. The molecular weight excluding hydrogens is 297 g/mol. The van der Waals surface area contributed by atoms with Crippen LogP contribution >= 0.6 is 0 Å². The lowest BCUT2D eigenvalue weighted by molar-refractivity contribution is 0.0452. The van der Waals surface area contributed by atoms with Crippen molar-refractivity contribution in [1.29, 1.82) is 0 Å². The fourth-order valence-corrected chi connectivity index (χ4v) is 2.41. The van der Waals surface area contributed by atoms with Gasteiger partial charge in [0.25, 0.3) is 0 Å². The SMILES string of the molecule is Cn1cc(C(=O)OCCOc2ccc(F)cc2)c2ccccc21. The molecule has 0 fully saturated rings. The summed E-state index contributed by atoms with van der Waals surface area (Å²) in [5.41, 5.74) is 1.51. The van der Waals surface area contributed by atoms with E-state index in [4.69, 9.17) is 9.47 Å². The first kappa shape index (κ1) is 15.1. The first-order chi connectivity index (χ1) is 11.1. The van der Waals surface area contributed by atoms with Gasteiger partial charge in [-0.05, 0) is 30.3 Å². The third-order valence-corrected chi connectivity index (χ3v) is 3.52. The van der Waals surface area contributed by atoms with Crippen molar-refractivity contribution >= 4 is 16.9 Å². The molecular formula is C18H16FNO3. The third kappa shape index (κ3) is 3.34. The molecule has 118 valence electrons. The molecule has 0 aliphatic rings. The van der Waals surface area contributed by atoms with Crippen LogP contribution in [0.3, 0.4) is 0 Å². The smallest absolute Gasteiger partial charge is 0.340 e. The molecule has 3 aromatic rings. The molecule has 0 aliphatic carbocycles. The summed E-state index contributed by atoms with van der Waals surface area (Å²) in [4.78, 5) is 12.2. The van der Waals surface area contributed by atoms with Crippen LogP contribution in [0.4, 0.5) is 4.39 Å². The number of halogens is 1. The molecule has 2 aromatic carbocycles. The van der Waals surface area contributed by atoms with E-state index in [1.807, 2.05) is 35.9 Å². The van der Waals surface area contributed by atoms with Crippen LogP contribution < -0.4 is 4.74 Å². The molecule has 0 amide bonds. The molecule has 0 atom stereocenters. The van der Waals surface area contributed by atoms with Gasteiger partial charge in [0, 0.05) is 24.1 Å². The standard InChI is InChI=1S/C18H16FNO3/c1-20-12-16(15-4-2-3-5-17(15)20)18(21)23-11-10-22-14-8-6-13(19)7-9-14/h2-9,12H,10-11H2,1H3. The normalized spacial score (nSPS) is 10.7. The number of ether oxygens (including phenoxy) is 2. The number of benzene rings is 2. The zero-order valence-corrected chi connectivity index (χ0v) is 12.7. The van der Waals surface area contributed by atoms with E-state index in [0.717, 1.165) is 10.9 Å². The van der Waals surface area contributed by atoms with E-state index in [2.05, 4.69) is 0 Å². The number of carbonyl (C=O) groups is 1. The molecule has 0 saturated heterocycles. The Bertz CT molecular complexity index is 824. The molecule has 23 heavy (non-hydrogen) atoms. The van der Waals surface area contributed by atoms with Gasteiger partial charge in [-0.15, -0.1) is 0 Å². The van der Waals surface area contributed by atoms with E-state index in [1.165, 1.54) is 24.3 Å². The number of fused-ring (bicyclic) bond motifs is 1. The number of aromatic nitrogens is 1. The van der Waals surface area contributed by atoms with Crippen LogP contribution in [0.2, 0.25) is 0 Å². The Morgan fingerprint density at radius 3 is 2.61 bits per heavy atom. The minimum atomic E-state index is -0.385. The lowest BCUT2D eigenvalue weighted by Crippen LogP contribution is -2.12. The Morgan fingerprint density at radius 1 is 1.09 bits per heavy atom. The van der Waals surface area contributed by atoms with Crippen LogP contribution in [0.1, 0.15) is 10.4 Å². The summed E-state index contributed by atoms with van der Waals surface area (Å²) in [6.45, 7) is 0.335. The van der Waals surface area contributed by atoms with Gasteiger partial charge in [-0.25, -0.2) is 9.18 Å². The van der Waals surface area contributed by atoms with Crippen molar-refractivity contribution in [3.63, 3.8) is 0 Å². The molecule has 1 aromatic heterocycles. The number of nitrogens with zero attached hydrogens (tertiary/aromatic N) is 1. The fourth-order valence-electron chi connectivity index (χ4n) is 2.41. The molecule has 0 unspecified atom stereocenters. The van der Waals surface area contributed by atoms with E-state index in [1.54, 1.807) is 6.20 Å². The second-order valence-electron chi connectivity index (χ2n) is 5.11. The van der Waals surface area contributed by atoms with Crippen LogP contribution in [-0.2, 0) is 11.8 Å². The Hall–Kier alpha value is -2.82. The summed E-state index contributed by atoms with van der Waals surface area (Å²) in [7, 11) is 1.89. The van der Waals surface area contributed by atoms with Crippen LogP contribution in [0, 0.1) is 5.82 Å². The summed E-state index contributed by atoms with van der Waals surface area (Å²) >= 11 is 0. The molecule has 0 N–H and O–H groups in total. The predicted molar refractivity (Wildman–Crippen MR) is 85.1 cm³/mol. The Morgan fingerprint density at radius 2 is 1.83 bits per heavy atom. The molecule has 4 nitrogen and oxygen atoms in total. The average Bonchev–Trinajstić information content (AvgIpc) is 2.91. The largest absolute Gasteiger partial charge is 0.490 e. The number of hydrogen-bond donors (Lipinski definition) is 0. The van der Waals surface area contributed by atoms with Gasteiger partial charge in [0.1, 0.15) is 24.8 Å². The lowest BCUT2D eigenvalue weighted by atomic mass is 10.2. The molecule has 3 rings (SSSR count). The van der Waals surface area contributed by atoms with E-state index in [0.29, 0.717) is 11.3 Å². The summed E-state index contributed by atoms with van der Waals surface area (Å²) < 4.78 is 25.3. The maximum Gasteiger partial charge on any atom is 0.340 e. The monoisotopic (exact) mass is 313 g/mol. The Balaban J connectivity index is 1.57. The molecule has 0 radical (unpaired) electrons. The second-order valence-corrected chi connectivity index (χ2v) is 5.11. The third-order valence-electron chi connectivity index (χ3n) is 3.52. The average molecular weight is 313 g/mol. The number of esters is 1.